The normalized spacial score (nSPS) is 10.2. The van der Waals surface area contributed by atoms with Gasteiger partial charge in [0.05, 0.1) is 12.2 Å². The third-order valence-corrected chi connectivity index (χ3v) is 3.56. The zero-order chi connectivity index (χ0) is 17.5. The van der Waals surface area contributed by atoms with E-state index in [-0.39, 0.29) is 11.9 Å². The minimum Gasteiger partial charge on any atom is -0.466 e. The van der Waals surface area contributed by atoms with Crippen LogP contribution in [0.1, 0.15) is 34.8 Å². The van der Waals surface area contributed by atoms with Gasteiger partial charge in [-0.3, -0.25) is 9.59 Å². The molecule has 0 bridgehead atoms. The fourth-order valence-corrected chi connectivity index (χ4v) is 2.37. The maximum Gasteiger partial charge on any atom is 0.306 e. The number of aryl methyl sites for hydroxylation is 2. The number of nitrogen functional groups attached to an aromatic ring is 1. The second-order valence-corrected chi connectivity index (χ2v) is 5.55. The lowest BCUT2D eigenvalue weighted by Gasteiger charge is -2.09. The molecule has 5 heteroatoms. The Morgan fingerprint density at radius 3 is 2.67 bits per heavy atom. The minimum atomic E-state index is -0.255. The predicted molar refractivity (Wildman–Crippen MR) is 94.9 cm³/mol. The molecule has 5 nitrogen and oxygen atoms in total. The topological polar surface area (TPSA) is 81.4 Å². The second-order valence-electron chi connectivity index (χ2n) is 5.55. The van der Waals surface area contributed by atoms with Crippen LogP contribution in [0.2, 0.25) is 0 Å². The van der Waals surface area contributed by atoms with Crippen LogP contribution in [0.3, 0.4) is 0 Å². The summed E-state index contributed by atoms with van der Waals surface area (Å²) in [4.78, 5) is 23.8. The highest BCUT2D eigenvalue weighted by molar-refractivity contribution is 6.07. The van der Waals surface area contributed by atoms with Crippen molar-refractivity contribution in [3.63, 3.8) is 0 Å². The van der Waals surface area contributed by atoms with Gasteiger partial charge in [0.25, 0.3) is 5.91 Å². The van der Waals surface area contributed by atoms with Gasteiger partial charge in [-0.15, -0.1) is 0 Å². The average Bonchev–Trinajstić information content (AvgIpc) is 2.53. The number of carbonyl (C=O) groups is 2. The third kappa shape index (κ3) is 4.84. The van der Waals surface area contributed by atoms with E-state index in [1.807, 2.05) is 31.2 Å². The second kappa shape index (κ2) is 8.15. The molecule has 0 aromatic heterocycles. The Labute approximate surface area is 141 Å². The third-order valence-electron chi connectivity index (χ3n) is 3.56. The van der Waals surface area contributed by atoms with Crippen molar-refractivity contribution in [1.29, 1.82) is 0 Å². The Morgan fingerprint density at radius 1 is 1.17 bits per heavy atom. The van der Waals surface area contributed by atoms with Crippen molar-refractivity contribution in [3.8, 4) is 0 Å². The van der Waals surface area contributed by atoms with Gasteiger partial charge in [-0.25, -0.2) is 0 Å². The van der Waals surface area contributed by atoms with Gasteiger partial charge in [-0.2, -0.15) is 0 Å². The zero-order valence-corrected chi connectivity index (χ0v) is 14.0. The molecular weight excluding hydrogens is 304 g/mol. The molecule has 0 saturated heterocycles. The van der Waals surface area contributed by atoms with Crippen molar-refractivity contribution in [2.45, 2.75) is 26.7 Å². The number of benzene rings is 2. The van der Waals surface area contributed by atoms with Crippen molar-refractivity contribution in [1.82, 2.24) is 0 Å². The lowest BCUT2D eigenvalue weighted by molar-refractivity contribution is -0.143. The first-order valence-corrected chi connectivity index (χ1v) is 7.91. The first-order valence-electron chi connectivity index (χ1n) is 7.91. The maximum absolute atomic E-state index is 12.3. The Balaban J connectivity index is 2.03. The average molecular weight is 326 g/mol. The summed E-state index contributed by atoms with van der Waals surface area (Å²) >= 11 is 0. The summed E-state index contributed by atoms with van der Waals surface area (Å²) in [5.74, 6) is -0.477. The molecule has 2 rings (SSSR count). The van der Waals surface area contributed by atoms with Crippen LogP contribution in [0.4, 0.5) is 11.4 Å². The van der Waals surface area contributed by atoms with Crippen LogP contribution in [0.5, 0.6) is 0 Å². The number of rotatable bonds is 6. The maximum atomic E-state index is 12.3. The summed E-state index contributed by atoms with van der Waals surface area (Å²) < 4.78 is 4.92. The molecule has 2 aromatic carbocycles. The van der Waals surface area contributed by atoms with Gasteiger partial charge in [0, 0.05) is 17.8 Å². The van der Waals surface area contributed by atoms with E-state index in [2.05, 4.69) is 5.32 Å². The van der Waals surface area contributed by atoms with Crippen molar-refractivity contribution in [2.24, 2.45) is 0 Å². The number of nitrogens with two attached hydrogens (primary N) is 1. The molecule has 24 heavy (non-hydrogen) atoms. The molecule has 1 amide bonds. The first-order chi connectivity index (χ1) is 11.5. The number of ether oxygens (including phenoxy) is 1. The molecule has 0 radical (unpaired) electrons. The Hall–Kier alpha value is -2.82. The minimum absolute atomic E-state index is 0.223. The molecule has 2 aromatic rings. The van der Waals surface area contributed by atoms with Gasteiger partial charge in [0.2, 0.25) is 0 Å². The van der Waals surface area contributed by atoms with Gasteiger partial charge in [0.1, 0.15) is 0 Å². The lowest BCUT2D eigenvalue weighted by Crippen LogP contribution is -2.14. The van der Waals surface area contributed by atoms with E-state index >= 15 is 0 Å². The molecule has 0 fully saturated rings. The fourth-order valence-electron chi connectivity index (χ4n) is 2.37. The molecule has 0 aliphatic rings. The molecule has 0 heterocycles. The van der Waals surface area contributed by atoms with Gasteiger partial charge < -0.3 is 15.8 Å². The zero-order valence-electron chi connectivity index (χ0n) is 14.0. The van der Waals surface area contributed by atoms with Crippen molar-refractivity contribution >= 4 is 23.3 Å². The number of amides is 1. The summed E-state index contributed by atoms with van der Waals surface area (Å²) in [6, 6.07) is 12.7. The van der Waals surface area contributed by atoms with E-state index in [4.69, 9.17) is 10.5 Å². The quantitative estimate of drug-likeness (QED) is 0.630. The summed E-state index contributed by atoms with van der Waals surface area (Å²) in [6.07, 6.45) is 0.880. The molecule has 0 aliphatic carbocycles. The summed E-state index contributed by atoms with van der Waals surface area (Å²) in [7, 11) is 0. The highest BCUT2D eigenvalue weighted by Gasteiger charge is 2.10. The van der Waals surface area contributed by atoms with E-state index in [9.17, 15) is 9.59 Å². The highest BCUT2D eigenvalue weighted by atomic mass is 16.5. The van der Waals surface area contributed by atoms with Crippen molar-refractivity contribution in [2.75, 3.05) is 17.7 Å². The van der Waals surface area contributed by atoms with Gasteiger partial charge >= 0.3 is 5.97 Å². The fraction of sp³-hybridized carbons (Fsp3) is 0.263. The number of anilines is 2. The molecule has 0 atom stereocenters. The molecule has 0 spiro atoms. The van der Waals surface area contributed by atoms with Gasteiger partial charge in [-0.05, 0) is 55.7 Å². The number of nitrogens with one attached hydrogen (secondary N) is 1. The molecule has 0 aliphatic heterocycles. The van der Waals surface area contributed by atoms with Crippen LogP contribution in [-0.2, 0) is 16.0 Å². The summed E-state index contributed by atoms with van der Waals surface area (Å²) in [5, 5.41) is 2.84. The van der Waals surface area contributed by atoms with Crippen LogP contribution >= 0.6 is 0 Å². The smallest absolute Gasteiger partial charge is 0.306 e. The Kier molecular flexibility index (Phi) is 5.95. The van der Waals surface area contributed by atoms with Gasteiger partial charge in [0.15, 0.2) is 0 Å². The molecule has 0 saturated carbocycles. The van der Waals surface area contributed by atoms with E-state index in [0.717, 1.165) is 11.1 Å². The number of esters is 1. The number of hydrogen-bond donors (Lipinski definition) is 2. The van der Waals surface area contributed by atoms with Crippen LogP contribution in [-0.4, -0.2) is 18.5 Å². The highest BCUT2D eigenvalue weighted by Crippen LogP contribution is 2.18. The molecule has 126 valence electrons. The predicted octanol–water partition coefficient (Wildman–Crippen LogP) is 3.33. The SMILES string of the molecule is CCOC(=O)CCc1cccc(NC(=O)c2ccc(C)cc2N)c1. The molecular formula is C19H22N2O3. The summed E-state index contributed by atoms with van der Waals surface area (Å²) in [6.45, 7) is 4.09. The first kappa shape index (κ1) is 17.5. The van der Waals surface area contributed by atoms with Crippen LogP contribution in [0.15, 0.2) is 42.5 Å². The molecule has 0 unspecified atom stereocenters. The van der Waals surface area contributed by atoms with E-state index in [0.29, 0.717) is 36.4 Å². The van der Waals surface area contributed by atoms with Gasteiger partial charge in [-0.1, -0.05) is 18.2 Å². The van der Waals surface area contributed by atoms with E-state index in [1.165, 1.54) is 0 Å². The van der Waals surface area contributed by atoms with E-state index in [1.54, 1.807) is 25.1 Å². The van der Waals surface area contributed by atoms with E-state index < -0.39 is 0 Å². The van der Waals surface area contributed by atoms with Crippen molar-refractivity contribution < 1.29 is 14.3 Å². The standard InChI is InChI=1S/C19H22N2O3/c1-3-24-18(22)10-8-14-5-4-6-15(12-14)21-19(23)16-9-7-13(2)11-17(16)20/h4-7,9,11-12H,3,8,10,20H2,1-2H3,(H,21,23). The Bertz CT molecular complexity index is 741. The van der Waals surface area contributed by atoms with Crippen LogP contribution < -0.4 is 11.1 Å². The summed E-state index contributed by atoms with van der Waals surface area (Å²) in [5.41, 5.74) is 9.42. The number of carbonyl (C=O) groups excluding carboxylic acids is 2. The largest absolute Gasteiger partial charge is 0.466 e. The number of hydrogen-bond acceptors (Lipinski definition) is 4. The van der Waals surface area contributed by atoms with Crippen LogP contribution in [0.25, 0.3) is 0 Å². The molecule has 3 N–H and O–H groups in total. The Morgan fingerprint density at radius 2 is 1.96 bits per heavy atom. The van der Waals surface area contributed by atoms with Crippen LogP contribution in [0, 0.1) is 6.92 Å². The monoisotopic (exact) mass is 326 g/mol. The lowest BCUT2D eigenvalue weighted by atomic mass is 10.1. The van der Waals surface area contributed by atoms with Crippen molar-refractivity contribution in [3.05, 3.63) is 59.2 Å².